The van der Waals surface area contributed by atoms with Gasteiger partial charge in [0.1, 0.15) is 0 Å². The van der Waals surface area contributed by atoms with E-state index >= 15 is 0 Å². The molecule has 0 bridgehead atoms. The van der Waals surface area contributed by atoms with Crippen molar-refractivity contribution < 1.29 is 9.47 Å². The van der Waals surface area contributed by atoms with Gasteiger partial charge < -0.3 is 14.8 Å². The fraction of sp³-hybridized carbons (Fsp3) is 0.235. The number of nitrogens with zero attached hydrogens (tertiary/aromatic N) is 4. The van der Waals surface area contributed by atoms with Gasteiger partial charge in [0.25, 0.3) is 0 Å². The van der Waals surface area contributed by atoms with Crippen LogP contribution < -0.4 is 14.8 Å². The lowest BCUT2D eigenvalue weighted by molar-refractivity contribution is 0.315. The summed E-state index contributed by atoms with van der Waals surface area (Å²) in [5.74, 6) is 1.23. The number of hydrogen-bond donors (Lipinski definition) is 1. The summed E-state index contributed by atoms with van der Waals surface area (Å²) in [6, 6.07) is 15.6. The summed E-state index contributed by atoms with van der Waals surface area (Å²) in [5, 5.41) is 14.8. The molecule has 132 valence electrons. The fourth-order valence-electron chi connectivity index (χ4n) is 2.29. The molecule has 0 fully saturated rings. The third-order valence-electron chi connectivity index (χ3n) is 3.33. The number of benzene rings is 2. The lowest BCUT2D eigenvalue weighted by atomic mass is 10.2. The van der Waals surface area contributed by atoms with Gasteiger partial charge in [-0.2, -0.15) is 4.68 Å². The second kappa shape index (κ2) is 9.00. The Morgan fingerprint density at radius 1 is 1.08 bits per heavy atom. The molecule has 0 atom stereocenters. The molecule has 1 aromatic heterocycles. The molecule has 8 heteroatoms. The van der Waals surface area contributed by atoms with Gasteiger partial charge in [-0.1, -0.05) is 29.4 Å². The highest BCUT2D eigenvalue weighted by Crippen LogP contribution is 2.32. The molecule has 0 aliphatic rings. The van der Waals surface area contributed by atoms with Crippen LogP contribution in [0.5, 0.6) is 17.5 Å². The summed E-state index contributed by atoms with van der Waals surface area (Å²) < 4.78 is 13.1. The lowest BCUT2D eigenvalue weighted by Gasteiger charge is -2.12. The SMILES string of the molecule is CCOc1cc(CNC)ccc1Oc1nnnn1-c1ccccc1.Cl. The number of tetrazole rings is 1. The van der Waals surface area contributed by atoms with Gasteiger partial charge in [0, 0.05) is 6.54 Å². The Kier molecular flexibility index (Phi) is 6.73. The predicted molar refractivity (Wildman–Crippen MR) is 96.9 cm³/mol. The Morgan fingerprint density at radius 3 is 2.60 bits per heavy atom. The molecule has 3 rings (SSSR count). The highest BCUT2D eigenvalue weighted by molar-refractivity contribution is 5.85. The summed E-state index contributed by atoms with van der Waals surface area (Å²) in [7, 11) is 1.90. The van der Waals surface area contributed by atoms with Gasteiger partial charge in [-0.3, -0.25) is 0 Å². The molecular weight excluding hydrogens is 342 g/mol. The van der Waals surface area contributed by atoms with E-state index in [2.05, 4.69) is 20.8 Å². The normalized spacial score (nSPS) is 10.2. The number of halogens is 1. The minimum atomic E-state index is 0. The van der Waals surface area contributed by atoms with Crippen molar-refractivity contribution in [1.29, 1.82) is 0 Å². The molecular formula is C17H20ClN5O2. The monoisotopic (exact) mass is 361 g/mol. The van der Waals surface area contributed by atoms with Crippen LogP contribution in [0.25, 0.3) is 5.69 Å². The maximum absolute atomic E-state index is 5.90. The van der Waals surface area contributed by atoms with Crippen molar-refractivity contribution in [2.75, 3.05) is 13.7 Å². The van der Waals surface area contributed by atoms with Crippen molar-refractivity contribution in [2.24, 2.45) is 0 Å². The molecule has 0 unspecified atom stereocenters. The summed E-state index contributed by atoms with van der Waals surface area (Å²) in [6.45, 7) is 3.23. The topological polar surface area (TPSA) is 74.1 Å². The maximum Gasteiger partial charge on any atom is 0.346 e. The van der Waals surface area contributed by atoms with Crippen LogP contribution in [-0.2, 0) is 6.54 Å². The smallest absolute Gasteiger partial charge is 0.346 e. The largest absolute Gasteiger partial charge is 0.490 e. The Bertz CT molecular complexity index is 795. The third kappa shape index (κ3) is 4.46. The van der Waals surface area contributed by atoms with Crippen LogP contribution in [0.1, 0.15) is 12.5 Å². The molecule has 0 radical (unpaired) electrons. The number of ether oxygens (including phenoxy) is 2. The highest BCUT2D eigenvalue weighted by Gasteiger charge is 2.14. The second-order valence-electron chi connectivity index (χ2n) is 5.06. The molecule has 3 aromatic rings. The molecule has 0 aliphatic heterocycles. The van der Waals surface area contributed by atoms with Crippen LogP contribution in [0.2, 0.25) is 0 Å². The summed E-state index contributed by atoms with van der Waals surface area (Å²) in [5.41, 5.74) is 1.93. The van der Waals surface area contributed by atoms with Crippen LogP contribution in [0.4, 0.5) is 0 Å². The van der Waals surface area contributed by atoms with Crippen LogP contribution in [0.3, 0.4) is 0 Å². The van der Waals surface area contributed by atoms with Gasteiger partial charge in [0.2, 0.25) is 0 Å². The number of rotatable bonds is 7. The number of para-hydroxylation sites is 1. The van der Waals surface area contributed by atoms with E-state index < -0.39 is 0 Å². The van der Waals surface area contributed by atoms with Crippen molar-refractivity contribution >= 4 is 12.4 Å². The van der Waals surface area contributed by atoms with Gasteiger partial charge in [0.05, 0.1) is 12.3 Å². The van der Waals surface area contributed by atoms with Crippen molar-refractivity contribution in [1.82, 2.24) is 25.5 Å². The molecule has 1 N–H and O–H groups in total. The Balaban J connectivity index is 0.00000225. The number of hydrogen-bond acceptors (Lipinski definition) is 6. The fourth-order valence-corrected chi connectivity index (χ4v) is 2.29. The summed E-state index contributed by atoms with van der Waals surface area (Å²) in [6.07, 6.45) is 0. The quantitative estimate of drug-likeness (QED) is 0.697. The molecule has 0 saturated heterocycles. The summed E-state index contributed by atoms with van der Waals surface area (Å²) >= 11 is 0. The summed E-state index contributed by atoms with van der Waals surface area (Å²) in [4.78, 5) is 0. The number of nitrogens with one attached hydrogen (secondary N) is 1. The van der Waals surface area contributed by atoms with E-state index in [0.29, 0.717) is 18.1 Å². The average Bonchev–Trinajstić information content (AvgIpc) is 3.07. The molecule has 0 saturated carbocycles. The van der Waals surface area contributed by atoms with Gasteiger partial charge in [-0.25, -0.2) is 0 Å². The van der Waals surface area contributed by atoms with E-state index in [1.165, 1.54) is 4.68 Å². The Labute approximate surface area is 152 Å². The van der Waals surface area contributed by atoms with Gasteiger partial charge >= 0.3 is 6.01 Å². The molecule has 7 nitrogen and oxygen atoms in total. The first-order valence-corrected chi connectivity index (χ1v) is 7.73. The minimum Gasteiger partial charge on any atom is -0.490 e. The average molecular weight is 362 g/mol. The molecule has 25 heavy (non-hydrogen) atoms. The Hall–Kier alpha value is -2.64. The highest BCUT2D eigenvalue weighted by atomic mass is 35.5. The van der Waals surface area contributed by atoms with E-state index in [9.17, 15) is 0 Å². The molecule has 0 aliphatic carbocycles. The van der Waals surface area contributed by atoms with Crippen LogP contribution in [0, 0.1) is 0 Å². The third-order valence-corrected chi connectivity index (χ3v) is 3.33. The van der Waals surface area contributed by atoms with Gasteiger partial charge in [-0.05, 0) is 54.2 Å². The maximum atomic E-state index is 5.90. The van der Waals surface area contributed by atoms with E-state index in [0.717, 1.165) is 17.8 Å². The van der Waals surface area contributed by atoms with Gasteiger partial charge in [0.15, 0.2) is 11.5 Å². The zero-order chi connectivity index (χ0) is 16.8. The first-order chi connectivity index (χ1) is 11.8. The van der Waals surface area contributed by atoms with Crippen molar-refractivity contribution in [3.05, 3.63) is 54.1 Å². The predicted octanol–water partition coefficient (Wildman–Crippen LogP) is 2.99. The zero-order valence-electron chi connectivity index (χ0n) is 14.0. The van der Waals surface area contributed by atoms with Crippen LogP contribution in [-0.4, -0.2) is 33.9 Å². The minimum absolute atomic E-state index is 0. The van der Waals surface area contributed by atoms with Crippen molar-refractivity contribution in [3.8, 4) is 23.2 Å². The van der Waals surface area contributed by atoms with Crippen LogP contribution in [0.15, 0.2) is 48.5 Å². The molecule has 1 heterocycles. The first-order valence-electron chi connectivity index (χ1n) is 7.73. The van der Waals surface area contributed by atoms with E-state index in [1.54, 1.807) is 0 Å². The molecule has 0 spiro atoms. The lowest BCUT2D eigenvalue weighted by Crippen LogP contribution is -2.06. The standard InChI is InChI=1S/C17H19N5O2.ClH/c1-3-23-16-11-13(12-18-2)9-10-15(16)24-17-19-20-21-22(17)14-7-5-4-6-8-14;/h4-11,18H,3,12H2,1-2H3;1H. The Morgan fingerprint density at radius 2 is 1.88 bits per heavy atom. The van der Waals surface area contributed by atoms with E-state index in [-0.39, 0.29) is 18.4 Å². The van der Waals surface area contributed by atoms with E-state index in [4.69, 9.17) is 9.47 Å². The second-order valence-corrected chi connectivity index (χ2v) is 5.06. The van der Waals surface area contributed by atoms with Crippen molar-refractivity contribution in [2.45, 2.75) is 13.5 Å². The molecule has 2 aromatic carbocycles. The van der Waals surface area contributed by atoms with Crippen LogP contribution >= 0.6 is 12.4 Å². The van der Waals surface area contributed by atoms with Crippen molar-refractivity contribution in [3.63, 3.8) is 0 Å². The first kappa shape index (κ1) is 18.7. The number of aromatic nitrogens is 4. The van der Waals surface area contributed by atoms with Gasteiger partial charge in [-0.15, -0.1) is 12.4 Å². The zero-order valence-corrected chi connectivity index (χ0v) is 14.9. The van der Waals surface area contributed by atoms with E-state index in [1.807, 2.05) is 62.5 Å². The molecule has 0 amide bonds.